The summed E-state index contributed by atoms with van der Waals surface area (Å²) >= 11 is 1.28. The average Bonchev–Trinajstić information content (AvgIpc) is 3.54. The summed E-state index contributed by atoms with van der Waals surface area (Å²) in [7, 11) is 1.69. The Morgan fingerprint density at radius 3 is 2.39 bits per heavy atom. The van der Waals surface area contributed by atoms with E-state index in [1.54, 1.807) is 28.4 Å². The predicted molar refractivity (Wildman–Crippen MR) is 204 cm³/mol. The average molecular weight is 729 g/mol. The number of aliphatic hydroxyl groups is 2. The van der Waals surface area contributed by atoms with Crippen LogP contribution in [0.5, 0.6) is 0 Å². The normalized spacial score (nSPS) is 16.3. The molecule has 1 aliphatic carbocycles. The van der Waals surface area contributed by atoms with E-state index < -0.39 is 30.1 Å². The molecule has 2 aromatic heterocycles. The number of aromatic nitrogens is 2. The molecular formula is C39H64N6O5S. The fourth-order valence-corrected chi connectivity index (χ4v) is 7.62. The highest BCUT2D eigenvalue weighted by Gasteiger charge is 2.41. The third-order valence-corrected chi connectivity index (χ3v) is 11.6. The summed E-state index contributed by atoms with van der Waals surface area (Å²) in [5.41, 5.74) is 7.22. The molecule has 5 N–H and O–H groups in total. The van der Waals surface area contributed by atoms with E-state index in [0.29, 0.717) is 49.1 Å². The number of nitrogen functional groups attached to an aromatic ring is 1. The number of nitrogens with two attached hydrogens (primary N) is 1. The first kappa shape index (κ1) is 42.3. The Balaban J connectivity index is 1.89. The van der Waals surface area contributed by atoms with Crippen molar-refractivity contribution < 1.29 is 24.6 Å². The number of amides is 3. The summed E-state index contributed by atoms with van der Waals surface area (Å²) in [5, 5.41) is 28.1. The van der Waals surface area contributed by atoms with E-state index in [0.717, 1.165) is 44.2 Å². The van der Waals surface area contributed by atoms with Crippen LogP contribution in [-0.4, -0.2) is 92.6 Å². The number of hydrogen-bond acceptors (Lipinski definition) is 9. The maximum Gasteiger partial charge on any atom is 0.241 e. The minimum absolute atomic E-state index is 0.159. The van der Waals surface area contributed by atoms with Crippen LogP contribution in [0.15, 0.2) is 29.8 Å². The zero-order chi connectivity index (χ0) is 37.6. The van der Waals surface area contributed by atoms with Gasteiger partial charge in [-0.2, -0.15) is 0 Å². The third-order valence-electron chi connectivity index (χ3n) is 10.8. The quantitative estimate of drug-likeness (QED) is 0.136. The third kappa shape index (κ3) is 13.8. The van der Waals surface area contributed by atoms with Crippen molar-refractivity contribution in [2.24, 2.45) is 23.2 Å². The number of thiazole rings is 1. The van der Waals surface area contributed by atoms with Crippen LogP contribution in [0.3, 0.4) is 0 Å². The number of aliphatic hydroxyl groups excluding tert-OH is 2. The molecule has 0 bridgehead atoms. The lowest BCUT2D eigenvalue weighted by molar-refractivity contribution is -0.148. The van der Waals surface area contributed by atoms with E-state index in [4.69, 9.17) is 5.73 Å². The van der Waals surface area contributed by atoms with Gasteiger partial charge in [0.25, 0.3) is 0 Å². The van der Waals surface area contributed by atoms with E-state index in [9.17, 15) is 19.8 Å². The Morgan fingerprint density at radius 2 is 1.80 bits per heavy atom. The molecule has 2 aromatic rings. The number of carbonyl (C=O) groups is 3. The molecule has 0 aliphatic heterocycles. The van der Waals surface area contributed by atoms with Crippen LogP contribution in [0.4, 0.5) is 5.13 Å². The molecule has 4 atom stereocenters. The smallest absolute Gasteiger partial charge is 0.241 e. The number of carbonyl (C=O) groups excluding carboxylic acids is 3. The van der Waals surface area contributed by atoms with Crippen molar-refractivity contribution in [2.75, 3.05) is 32.4 Å². The number of hydrogen-bond donors (Lipinski definition) is 4. The van der Waals surface area contributed by atoms with E-state index in [-0.39, 0.29) is 42.5 Å². The van der Waals surface area contributed by atoms with Crippen molar-refractivity contribution in [3.8, 4) is 0 Å². The minimum atomic E-state index is -1.14. The first-order chi connectivity index (χ1) is 24.2. The number of pyridine rings is 1. The lowest BCUT2D eigenvalue weighted by atomic mass is 9.79. The van der Waals surface area contributed by atoms with Crippen LogP contribution >= 0.6 is 11.3 Å². The number of rotatable bonds is 21. The number of likely N-dealkylation sites (N-methyl/N-ethyl adjacent to an activating group) is 1. The molecule has 1 saturated carbocycles. The summed E-state index contributed by atoms with van der Waals surface area (Å²) in [4.78, 5) is 53.6. The van der Waals surface area contributed by atoms with Gasteiger partial charge >= 0.3 is 0 Å². The standard InChI is InChI=1S/C39H64N6O5S/c1-7-39(5,8-2)26-45(32(21-28-14-10-9-11-15-28)36(49)33(46)20-27(3)4)37(50)29(22-31-25-51-38(40)43-31)23-34(47)42-24-35(48)44(6)19-17-30-16-12-13-18-41-30/h12-13,16,18,25,27-29,32-33,36,46,49H,7-11,14-15,17,19-24,26H2,1-6H3,(H2,40,43)(H,42,47)/t29-,32+,33+,36-/m1/s1. The summed E-state index contributed by atoms with van der Waals surface area (Å²) in [5.74, 6) is -1.23. The van der Waals surface area contributed by atoms with Crippen molar-refractivity contribution >= 4 is 34.2 Å². The van der Waals surface area contributed by atoms with Gasteiger partial charge in [-0.15, -0.1) is 11.3 Å². The molecule has 1 aliphatic rings. The molecule has 1 fully saturated rings. The maximum absolute atomic E-state index is 15.0. The van der Waals surface area contributed by atoms with Crippen LogP contribution in [0.1, 0.15) is 110 Å². The summed E-state index contributed by atoms with van der Waals surface area (Å²) < 4.78 is 0. The lowest BCUT2D eigenvalue weighted by Gasteiger charge is -2.44. The molecular weight excluding hydrogens is 665 g/mol. The van der Waals surface area contributed by atoms with Gasteiger partial charge in [0.2, 0.25) is 17.7 Å². The Kier molecular flexibility index (Phi) is 17.3. The molecule has 0 spiro atoms. The second-order valence-electron chi connectivity index (χ2n) is 15.4. The molecule has 12 heteroatoms. The second kappa shape index (κ2) is 20.8. The van der Waals surface area contributed by atoms with Crippen LogP contribution in [0.2, 0.25) is 0 Å². The predicted octanol–water partition coefficient (Wildman–Crippen LogP) is 5.25. The highest BCUT2D eigenvalue weighted by Crippen LogP contribution is 2.35. The first-order valence-corrected chi connectivity index (χ1v) is 19.9. The Hall–Kier alpha value is -3.09. The van der Waals surface area contributed by atoms with Gasteiger partial charge in [0, 0.05) is 56.7 Å². The Morgan fingerprint density at radius 1 is 1.10 bits per heavy atom. The van der Waals surface area contributed by atoms with E-state index in [1.165, 1.54) is 17.8 Å². The molecule has 2 heterocycles. The van der Waals surface area contributed by atoms with Crippen molar-refractivity contribution in [2.45, 2.75) is 130 Å². The molecule has 3 amide bonds. The molecule has 0 saturated heterocycles. The van der Waals surface area contributed by atoms with Crippen LogP contribution in [0.25, 0.3) is 0 Å². The van der Waals surface area contributed by atoms with Crippen molar-refractivity contribution in [3.05, 3.63) is 41.2 Å². The fourth-order valence-electron chi connectivity index (χ4n) is 7.05. The zero-order valence-corrected chi connectivity index (χ0v) is 32.7. The second-order valence-corrected chi connectivity index (χ2v) is 16.3. The van der Waals surface area contributed by atoms with E-state index in [1.807, 2.05) is 32.0 Å². The highest BCUT2D eigenvalue weighted by molar-refractivity contribution is 7.13. The van der Waals surface area contributed by atoms with Crippen LogP contribution < -0.4 is 11.1 Å². The number of nitrogens with one attached hydrogen (secondary N) is 1. The summed E-state index contributed by atoms with van der Waals surface area (Å²) in [6, 6.07) is 5.04. The van der Waals surface area contributed by atoms with Crippen LogP contribution in [-0.2, 0) is 27.2 Å². The zero-order valence-electron chi connectivity index (χ0n) is 31.9. The van der Waals surface area contributed by atoms with Gasteiger partial charge in [0.15, 0.2) is 5.13 Å². The molecule has 0 radical (unpaired) electrons. The Labute approximate surface area is 309 Å². The number of anilines is 1. The van der Waals surface area contributed by atoms with Gasteiger partial charge in [-0.25, -0.2) is 4.98 Å². The van der Waals surface area contributed by atoms with Gasteiger partial charge in [0.05, 0.1) is 30.3 Å². The lowest BCUT2D eigenvalue weighted by Crippen LogP contribution is -2.56. The van der Waals surface area contributed by atoms with Crippen molar-refractivity contribution in [3.63, 3.8) is 0 Å². The topological polar surface area (TPSA) is 162 Å². The van der Waals surface area contributed by atoms with Gasteiger partial charge < -0.3 is 31.1 Å². The van der Waals surface area contributed by atoms with Gasteiger partial charge in [-0.1, -0.05) is 72.8 Å². The summed E-state index contributed by atoms with van der Waals surface area (Å²) in [6.07, 6.45) is 8.30. The fraction of sp³-hybridized carbons (Fsp3) is 0.718. The van der Waals surface area contributed by atoms with Crippen molar-refractivity contribution in [1.82, 2.24) is 25.1 Å². The molecule has 3 rings (SSSR count). The molecule has 0 aromatic carbocycles. The SMILES string of the molecule is CCC(C)(CC)CN(C(=O)[C@@H](CC(=O)NCC(=O)N(C)CCc1ccccn1)Cc1csc(N)n1)[C@@H](CC1CCCCC1)[C@@H](O)[C@@H](O)CC(C)C. The summed E-state index contributed by atoms with van der Waals surface area (Å²) in [6.45, 7) is 11.0. The van der Waals surface area contributed by atoms with Crippen molar-refractivity contribution in [1.29, 1.82) is 0 Å². The Bertz CT molecular complexity index is 1350. The van der Waals surface area contributed by atoms with E-state index in [2.05, 4.69) is 36.1 Å². The van der Waals surface area contributed by atoms with Crippen LogP contribution in [0, 0.1) is 23.2 Å². The highest BCUT2D eigenvalue weighted by atomic mass is 32.1. The molecule has 11 nitrogen and oxygen atoms in total. The van der Waals surface area contributed by atoms with Gasteiger partial charge in [0.1, 0.15) is 6.10 Å². The van der Waals surface area contributed by atoms with E-state index >= 15 is 4.79 Å². The maximum atomic E-state index is 15.0. The minimum Gasteiger partial charge on any atom is -0.390 e. The van der Waals surface area contributed by atoms with Gasteiger partial charge in [-0.05, 0) is 55.1 Å². The first-order valence-electron chi connectivity index (χ1n) is 19.0. The molecule has 286 valence electrons. The molecule has 51 heavy (non-hydrogen) atoms. The monoisotopic (exact) mass is 728 g/mol. The largest absolute Gasteiger partial charge is 0.390 e. The van der Waals surface area contributed by atoms with Gasteiger partial charge in [-0.3, -0.25) is 19.4 Å². The molecule has 0 unspecified atom stereocenters. The number of nitrogens with zero attached hydrogens (tertiary/aromatic N) is 4.